The van der Waals surface area contributed by atoms with Crippen LogP contribution in [-0.4, -0.2) is 39.2 Å². The Bertz CT molecular complexity index is 707. The highest BCUT2D eigenvalue weighted by molar-refractivity contribution is 5.96. The lowest BCUT2D eigenvalue weighted by atomic mass is 10.0. The Hall–Kier alpha value is -2.64. The Kier molecular flexibility index (Phi) is 4.17. The van der Waals surface area contributed by atoms with E-state index in [9.17, 15) is 9.59 Å². The van der Waals surface area contributed by atoms with Crippen molar-refractivity contribution in [1.82, 2.24) is 25.5 Å². The first-order valence-corrected chi connectivity index (χ1v) is 7.36. The minimum absolute atomic E-state index is 0.205. The lowest BCUT2D eigenvalue weighted by molar-refractivity contribution is 0.0952. The third-order valence-corrected chi connectivity index (χ3v) is 3.64. The van der Waals surface area contributed by atoms with E-state index in [1.807, 2.05) is 0 Å². The van der Waals surface area contributed by atoms with E-state index in [4.69, 9.17) is 0 Å². The number of carbonyl (C=O) groups is 1. The highest BCUT2D eigenvalue weighted by Gasteiger charge is 2.18. The summed E-state index contributed by atoms with van der Waals surface area (Å²) in [5, 5.41) is 12.5. The van der Waals surface area contributed by atoms with Crippen molar-refractivity contribution in [3.63, 3.8) is 0 Å². The minimum atomic E-state index is -0.264. The van der Waals surface area contributed by atoms with Crippen molar-refractivity contribution in [2.45, 2.75) is 25.7 Å². The standard InChI is InChI=1S/C14H18N6O2/c21-12-7-10(9-3-1-5-15-13(9)19-12)14(22)16-6-2-4-11-17-8-18-20-11/h7-8H,1-6H2,(H,16,22)(H2,15,19,21)(H,17,18,20). The van der Waals surface area contributed by atoms with E-state index in [1.165, 1.54) is 12.4 Å². The number of nitrogens with one attached hydrogen (secondary N) is 4. The number of nitrogens with zero attached hydrogens (tertiary/aromatic N) is 2. The first-order chi connectivity index (χ1) is 10.7. The molecule has 8 heteroatoms. The second-order valence-electron chi connectivity index (χ2n) is 5.22. The molecule has 8 nitrogen and oxygen atoms in total. The fourth-order valence-electron chi connectivity index (χ4n) is 2.58. The van der Waals surface area contributed by atoms with Gasteiger partial charge in [0.2, 0.25) is 5.56 Å². The van der Waals surface area contributed by atoms with Crippen LogP contribution in [0.2, 0.25) is 0 Å². The second kappa shape index (κ2) is 6.42. The molecule has 3 rings (SSSR count). The fourth-order valence-corrected chi connectivity index (χ4v) is 2.58. The average molecular weight is 302 g/mol. The van der Waals surface area contributed by atoms with Crippen molar-refractivity contribution in [3.05, 3.63) is 39.7 Å². The first-order valence-electron chi connectivity index (χ1n) is 7.36. The van der Waals surface area contributed by atoms with Gasteiger partial charge in [0.1, 0.15) is 18.0 Å². The summed E-state index contributed by atoms with van der Waals surface area (Å²) in [4.78, 5) is 30.7. The summed E-state index contributed by atoms with van der Waals surface area (Å²) >= 11 is 0. The van der Waals surface area contributed by atoms with E-state index in [0.29, 0.717) is 17.9 Å². The molecule has 0 aliphatic carbocycles. The zero-order valence-corrected chi connectivity index (χ0v) is 12.1. The largest absolute Gasteiger partial charge is 0.371 e. The Morgan fingerprint density at radius 1 is 1.41 bits per heavy atom. The van der Waals surface area contributed by atoms with Crippen LogP contribution in [0.5, 0.6) is 0 Å². The van der Waals surface area contributed by atoms with Gasteiger partial charge in [-0.25, -0.2) is 4.98 Å². The molecule has 1 amide bonds. The molecular formula is C14H18N6O2. The third kappa shape index (κ3) is 3.16. The molecule has 0 saturated heterocycles. The van der Waals surface area contributed by atoms with Crippen molar-refractivity contribution in [2.24, 2.45) is 0 Å². The number of hydrogen-bond donors (Lipinski definition) is 4. The van der Waals surface area contributed by atoms with Crippen LogP contribution in [0.3, 0.4) is 0 Å². The lowest BCUT2D eigenvalue weighted by Crippen LogP contribution is -2.29. The summed E-state index contributed by atoms with van der Waals surface area (Å²) in [6.07, 6.45) is 4.67. The maximum Gasteiger partial charge on any atom is 0.251 e. The van der Waals surface area contributed by atoms with E-state index >= 15 is 0 Å². The van der Waals surface area contributed by atoms with Gasteiger partial charge in [0, 0.05) is 31.1 Å². The zero-order chi connectivity index (χ0) is 15.4. The van der Waals surface area contributed by atoms with E-state index < -0.39 is 0 Å². The van der Waals surface area contributed by atoms with Gasteiger partial charge in [-0.15, -0.1) is 0 Å². The zero-order valence-electron chi connectivity index (χ0n) is 12.1. The van der Waals surface area contributed by atoms with Crippen LogP contribution >= 0.6 is 0 Å². The van der Waals surface area contributed by atoms with Gasteiger partial charge in [0.25, 0.3) is 5.91 Å². The van der Waals surface area contributed by atoms with Gasteiger partial charge in [0.15, 0.2) is 0 Å². The Labute approximate surface area is 126 Å². The van der Waals surface area contributed by atoms with E-state index in [-0.39, 0.29) is 11.5 Å². The van der Waals surface area contributed by atoms with Gasteiger partial charge < -0.3 is 15.6 Å². The predicted molar refractivity (Wildman–Crippen MR) is 80.9 cm³/mol. The number of amides is 1. The molecule has 0 unspecified atom stereocenters. The molecule has 0 bridgehead atoms. The summed E-state index contributed by atoms with van der Waals surface area (Å²) in [6, 6.07) is 1.37. The van der Waals surface area contributed by atoms with Crippen molar-refractivity contribution in [2.75, 3.05) is 18.4 Å². The van der Waals surface area contributed by atoms with Gasteiger partial charge in [-0.05, 0) is 19.3 Å². The molecule has 2 aromatic rings. The van der Waals surface area contributed by atoms with Gasteiger partial charge in [-0.1, -0.05) is 0 Å². The average Bonchev–Trinajstić information content (AvgIpc) is 3.04. The maximum atomic E-state index is 12.3. The molecule has 2 aromatic heterocycles. The monoisotopic (exact) mass is 302 g/mol. The summed E-state index contributed by atoms with van der Waals surface area (Å²) < 4.78 is 0. The van der Waals surface area contributed by atoms with Crippen LogP contribution in [0.25, 0.3) is 0 Å². The summed E-state index contributed by atoms with van der Waals surface area (Å²) in [7, 11) is 0. The molecule has 22 heavy (non-hydrogen) atoms. The van der Waals surface area contributed by atoms with Crippen molar-refractivity contribution in [3.8, 4) is 0 Å². The van der Waals surface area contributed by atoms with Crippen molar-refractivity contribution < 1.29 is 4.79 Å². The highest BCUT2D eigenvalue weighted by atomic mass is 16.2. The normalized spacial score (nSPS) is 13.3. The summed E-state index contributed by atoms with van der Waals surface area (Å²) in [5.74, 6) is 1.26. The number of aryl methyl sites for hydroxylation is 1. The first kappa shape index (κ1) is 14.3. The topological polar surface area (TPSA) is 116 Å². The van der Waals surface area contributed by atoms with Gasteiger partial charge in [-0.3, -0.25) is 14.7 Å². The molecule has 0 fully saturated rings. The molecular weight excluding hydrogens is 284 g/mol. The summed E-state index contributed by atoms with van der Waals surface area (Å²) in [6.45, 7) is 1.33. The molecule has 0 aromatic carbocycles. The maximum absolute atomic E-state index is 12.3. The Morgan fingerprint density at radius 3 is 3.14 bits per heavy atom. The van der Waals surface area contributed by atoms with Gasteiger partial charge in [0.05, 0.1) is 5.56 Å². The number of fused-ring (bicyclic) bond motifs is 1. The second-order valence-corrected chi connectivity index (χ2v) is 5.22. The number of rotatable bonds is 5. The smallest absolute Gasteiger partial charge is 0.251 e. The number of pyridine rings is 1. The fraction of sp³-hybridized carbons (Fsp3) is 0.429. The molecule has 4 N–H and O–H groups in total. The molecule has 116 valence electrons. The quantitative estimate of drug-likeness (QED) is 0.589. The molecule has 3 heterocycles. The van der Waals surface area contributed by atoms with Gasteiger partial charge >= 0.3 is 0 Å². The third-order valence-electron chi connectivity index (χ3n) is 3.64. The highest BCUT2D eigenvalue weighted by Crippen LogP contribution is 2.21. The number of H-pyrrole nitrogens is 2. The van der Waals surface area contributed by atoms with Crippen LogP contribution in [-0.2, 0) is 12.8 Å². The summed E-state index contributed by atoms with van der Waals surface area (Å²) in [5.41, 5.74) is 1.09. The van der Waals surface area contributed by atoms with Crippen LogP contribution in [0.4, 0.5) is 5.82 Å². The van der Waals surface area contributed by atoms with Crippen molar-refractivity contribution in [1.29, 1.82) is 0 Å². The van der Waals surface area contributed by atoms with E-state index in [2.05, 4.69) is 30.8 Å². The number of hydrogen-bond acceptors (Lipinski definition) is 5. The van der Waals surface area contributed by atoms with Crippen molar-refractivity contribution >= 4 is 11.7 Å². The van der Waals surface area contributed by atoms with Crippen LogP contribution in [0, 0.1) is 0 Å². The molecule has 0 saturated carbocycles. The molecule has 0 atom stereocenters. The molecule has 1 aliphatic rings. The molecule has 0 radical (unpaired) electrons. The van der Waals surface area contributed by atoms with E-state index in [0.717, 1.165) is 43.6 Å². The molecule has 0 spiro atoms. The van der Waals surface area contributed by atoms with Gasteiger partial charge in [-0.2, -0.15) is 5.10 Å². The minimum Gasteiger partial charge on any atom is -0.371 e. The van der Waals surface area contributed by atoms with Crippen LogP contribution < -0.4 is 16.2 Å². The number of aromatic nitrogens is 4. The van der Waals surface area contributed by atoms with E-state index in [1.54, 1.807) is 0 Å². The lowest BCUT2D eigenvalue weighted by Gasteiger charge is -2.19. The van der Waals surface area contributed by atoms with Crippen LogP contribution in [0.15, 0.2) is 17.2 Å². The predicted octanol–water partition coefficient (Wildman–Crippen LogP) is 0.214. The number of aromatic amines is 2. The number of carbonyl (C=O) groups excluding carboxylic acids is 1. The Balaban J connectivity index is 1.62. The van der Waals surface area contributed by atoms with Crippen LogP contribution in [0.1, 0.15) is 34.6 Å². The number of anilines is 1. The Morgan fingerprint density at radius 2 is 2.32 bits per heavy atom. The SMILES string of the molecule is O=C(NCCCc1ncn[nH]1)c1cc(=O)[nH]c2c1CCCN2. The molecule has 1 aliphatic heterocycles.